The van der Waals surface area contributed by atoms with Crippen LogP contribution in [0, 0.1) is 0 Å². The Bertz CT molecular complexity index is 3390. The van der Waals surface area contributed by atoms with Crippen LogP contribution in [0.5, 0.6) is 23.0 Å². The van der Waals surface area contributed by atoms with Gasteiger partial charge in [0.05, 0.1) is 49.2 Å². The highest BCUT2D eigenvalue weighted by molar-refractivity contribution is 5.98. The molecule has 100 heavy (non-hydrogen) atoms. The predicted octanol–water partition coefficient (Wildman–Crippen LogP) is 28.0. The summed E-state index contributed by atoms with van der Waals surface area (Å²) in [6.07, 6.45) is 56.6. The first kappa shape index (κ1) is 76.9. The smallest absolute Gasteiger partial charge is 0.119 e. The SMILES string of the molecule is CCCCCCCCCCCCOc1ccc(C2=Cc3cc4[nH]c(cc5nc(cc6[nH]c(cc2n3)cc6-c2ccc(OCCCCCCCCCCCC)cc2)C=C5c2ccc(OCCCCCCCCCCCC)cc2)cc4-c2ccc(OCCCCCCCCCCCC)cc2)cc1. The van der Waals surface area contributed by atoms with Gasteiger partial charge in [-0.2, -0.15) is 0 Å². The summed E-state index contributed by atoms with van der Waals surface area (Å²) in [4.78, 5) is 18.7. The van der Waals surface area contributed by atoms with E-state index < -0.39 is 0 Å². The maximum atomic E-state index is 6.37. The first-order valence-corrected chi connectivity index (χ1v) is 40.6. The summed E-state index contributed by atoms with van der Waals surface area (Å²) >= 11 is 0. The molecule has 7 aromatic rings. The second kappa shape index (κ2) is 45.5. The Morgan fingerprint density at radius 3 is 0.730 bits per heavy atom. The minimum absolute atomic E-state index is 0.730. The van der Waals surface area contributed by atoms with Crippen LogP contribution in [0.3, 0.4) is 0 Å². The molecule has 0 amide bonds. The topological polar surface area (TPSA) is 94.3 Å². The quantitative estimate of drug-likeness (QED) is 0.0369. The molecule has 8 nitrogen and oxygen atoms in total. The van der Waals surface area contributed by atoms with Crippen molar-refractivity contribution in [3.05, 3.63) is 167 Å². The monoisotopic (exact) mass is 1350 g/mol. The Morgan fingerprint density at radius 2 is 0.480 bits per heavy atom. The zero-order valence-corrected chi connectivity index (χ0v) is 62.5. The lowest BCUT2D eigenvalue weighted by Crippen LogP contribution is -1.97. The van der Waals surface area contributed by atoms with Crippen LogP contribution in [0.2, 0.25) is 0 Å². The predicted molar refractivity (Wildman–Crippen MR) is 428 cm³/mol. The van der Waals surface area contributed by atoms with Gasteiger partial charge in [-0.05, 0) is 145 Å². The van der Waals surface area contributed by atoms with Crippen molar-refractivity contribution in [1.29, 1.82) is 0 Å². The molecule has 0 unspecified atom stereocenters. The number of aromatic nitrogens is 4. The number of nitrogens with one attached hydrogen (secondary N) is 2. The molecule has 9 rings (SSSR count). The first-order valence-electron chi connectivity index (χ1n) is 40.6. The van der Waals surface area contributed by atoms with Crippen LogP contribution in [0.15, 0.2) is 133 Å². The van der Waals surface area contributed by atoms with E-state index >= 15 is 0 Å². The molecule has 2 aliphatic rings. The van der Waals surface area contributed by atoms with E-state index in [-0.39, 0.29) is 0 Å². The van der Waals surface area contributed by atoms with Gasteiger partial charge in [-0.3, -0.25) is 0 Å². The number of hydrogen-bond donors (Lipinski definition) is 2. The zero-order valence-electron chi connectivity index (χ0n) is 62.5. The summed E-state index contributed by atoms with van der Waals surface area (Å²) < 4.78 is 25.5. The van der Waals surface area contributed by atoms with E-state index in [1.807, 2.05) is 0 Å². The molecule has 3 aromatic heterocycles. The van der Waals surface area contributed by atoms with Crippen molar-refractivity contribution < 1.29 is 18.9 Å². The highest BCUT2D eigenvalue weighted by Gasteiger charge is 2.19. The Kier molecular flexibility index (Phi) is 35.0. The molecule has 5 heterocycles. The van der Waals surface area contributed by atoms with Crippen molar-refractivity contribution in [3.63, 3.8) is 0 Å². The molecule has 8 heteroatoms. The fourth-order valence-corrected chi connectivity index (χ4v) is 14.2. The van der Waals surface area contributed by atoms with Gasteiger partial charge in [0.2, 0.25) is 0 Å². The van der Waals surface area contributed by atoms with Gasteiger partial charge in [0.15, 0.2) is 0 Å². The van der Waals surface area contributed by atoms with E-state index in [0.717, 1.165) is 164 Å². The fourth-order valence-electron chi connectivity index (χ4n) is 14.2. The van der Waals surface area contributed by atoms with E-state index in [1.165, 1.54) is 231 Å². The number of fused-ring (bicyclic) bond motifs is 8. The van der Waals surface area contributed by atoms with Crippen LogP contribution in [0.4, 0.5) is 0 Å². The summed E-state index contributed by atoms with van der Waals surface area (Å²) in [7, 11) is 0. The number of rotatable bonds is 52. The highest BCUT2D eigenvalue weighted by Crippen LogP contribution is 2.37. The maximum absolute atomic E-state index is 6.37. The molecular formula is C92H126N4O4. The number of aromatic amines is 2. The van der Waals surface area contributed by atoms with Gasteiger partial charge >= 0.3 is 0 Å². The Morgan fingerprint density at radius 1 is 0.250 bits per heavy atom. The average molecular weight is 1350 g/mol. The van der Waals surface area contributed by atoms with Crippen LogP contribution in [0.1, 0.15) is 318 Å². The fraction of sp³-hybridized carbons (Fsp3) is 0.522. The van der Waals surface area contributed by atoms with E-state index in [1.54, 1.807) is 0 Å². The van der Waals surface area contributed by atoms with E-state index in [0.29, 0.717) is 0 Å². The Balaban J connectivity index is 1.000. The molecule has 8 bridgehead atoms. The molecule has 4 aromatic carbocycles. The molecule has 538 valence electrons. The summed E-state index contributed by atoms with van der Waals surface area (Å²) in [6, 6.07) is 47.9. The molecule has 0 saturated heterocycles. The first-order chi connectivity index (χ1) is 49.5. The van der Waals surface area contributed by atoms with Gasteiger partial charge in [0.25, 0.3) is 0 Å². The molecule has 2 aliphatic heterocycles. The minimum atomic E-state index is 0.730. The van der Waals surface area contributed by atoms with E-state index in [9.17, 15) is 0 Å². The van der Waals surface area contributed by atoms with E-state index in [2.05, 4.69) is 183 Å². The second-order valence-electron chi connectivity index (χ2n) is 28.9. The zero-order chi connectivity index (χ0) is 69.3. The van der Waals surface area contributed by atoms with Gasteiger partial charge in [-0.25, -0.2) is 9.97 Å². The third-order valence-electron chi connectivity index (χ3n) is 20.3. The van der Waals surface area contributed by atoms with Gasteiger partial charge in [-0.15, -0.1) is 0 Å². The summed E-state index contributed by atoms with van der Waals surface area (Å²) in [5.74, 6) is 3.60. The van der Waals surface area contributed by atoms with Gasteiger partial charge in [0.1, 0.15) is 23.0 Å². The molecule has 0 saturated carbocycles. The molecule has 0 aliphatic carbocycles. The van der Waals surface area contributed by atoms with Crippen LogP contribution in [-0.2, 0) is 0 Å². The number of hydrogen-bond acceptors (Lipinski definition) is 6. The lowest BCUT2D eigenvalue weighted by Gasteiger charge is -2.08. The van der Waals surface area contributed by atoms with Crippen LogP contribution in [-0.4, -0.2) is 46.4 Å². The molecule has 0 atom stereocenters. The van der Waals surface area contributed by atoms with Crippen molar-refractivity contribution in [2.24, 2.45) is 0 Å². The Hall–Kier alpha value is -7.32. The second-order valence-corrected chi connectivity index (χ2v) is 28.9. The van der Waals surface area contributed by atoms with E-state index in [4.69, 9.17) is 28.9 Å². The molecule has 0 spiro atoms. The highest BCUT2D eigenvalue weighted by atomic mass is 16.5. The van der Waals surface area contributed by atoms with Gasteiger partial charge < -0.3 is 28.9 Å². The number of unbranched alkanes of at least 4 members (excludes halogenated alkanes) is 36. The summed E-state index contributed by atoms with van der Waals surface area (Å²) in [6.45, 7) is 12.1. The molecule has 0 radical (unpaired) electrons. The number of benzene rings is 4. The van der Waals surface area contributed by atoms with Crippen LogP contribution < -0.4 is 18.9 Å². The van der Waals surface area contributed by atoms with Crippen molar-refractivity contribution in [1.82, 2.24) is 19.9 Å². The lowest BCUT2D eigenvalue weighted by atomic mass is 10.0. The average Bonchev–Trinajstić information content (AvgIpc) is 1.63. The minimum Gasteiger partial charge on any atom is -0.494 e. The standard InChI is InChI=1S/C92H126N4O4/c1-5-9-13-17-21-25-29-33-37-41-61-97-81-53-45-73(46-54-81)85-65-77-70-90-87(75-49-57-83(58-50-75)99-63-43-39-35-31-27-23-19-15-11-7-3)67-79(95-90)72-92-88(76-51-59-84(60-52-76)100-64-44-40-36-32-28-24-20-16-12-8-4)68-80(96-92)71-91-86(66-78(94-91)69-89(85)93-77)74-47-55-82(56-48-74)98-62-42-38-34-30-26-22-18-14-10-6-2/h45-60,65-72,93,96H,5-44,61-64H2,1-4H3. The third kappa shape index (κ3) is 26.9. The summed E-state index contributed by atoms with van der Waals surface area (Å²) in [5, 5.41) is 0. The maximum Gasteiger partial charge on any atom is 0.119 e. The largest absolute Gasteiger partial charge is 0.494 e. The van der Waals surface area contributed by atoms with Crippen molar-refractivity contribution in [2.75, 3.05) is 26.4 Å². The van der Waals surface area contributed by atoms with Crippen molar-refractivity contribution in [2.45, 2.75) is 285 Å². The summed E-state index contributed by atoms with van der Waals surface area (Å²) in [5.41, 5.74) is 15.9. The van der Waals surface area contributed by atoms with Crippen LogP contribution >= 0.6 is 0 Å². The van der Waals surface area contributed by atoms with Gasteiger partial charge in [-0.1, -0.05) is 307 Å². The Labute approximate surface area is 604 Å². The normalized spacial score (nSPS) is 12.1. The van der Waals surface area contributed by atoms with Crippen LogP contribution in [0.25, 0.3) is 67.6 Å². The number of H-pyrrole nitrogens is 2. The van der Waals surface area contributed by atoms with Crippen molar-refractivity contribution in [3.8, 4) is 45.3 Å². The van der Waals surface area contributed by atoms with Gasteiger partial charge in [0, 0.05) is 44.3 Å². The van der Waals surface area contributed by atoms with Crippen molar-refractivity contribution >= 4 is 45.4 Å². The third-order valence-corrected chi connectivity index (χ3v) is 20.3. The number of ether oxygens (including phenoxy) is 4. The molecular weight excluding hydrogens is 1230 g/mol. The lowest BCUT2D eigenvalue weighted by molar-refractivity contribution is 0.304. The number of nitrogens with zero attached hydrogens (tertiary/aromatic N) is 2. The molecule has 0 fully saturated rings. The molecule has 2 N–H and O–H groups in total.